The summed E-state index contributed by atoms with van der Waals surface area (Å²) in [5.74, 6) is 1.66. The number of hydrogen-bond donors (Lipinski definition) is 0. The first-order chi connectivity index (χ1) is 13.0. The molecule has 4 rings (SSSR count). The topological polar surface area (TPSA) is 45.9 Å². The van der Waals surface area contributed by atoms with Crippen LogP contribution in [0.1, 0.15) is 34.5 Å². The van der Waals surface area contributed by atoms with Crippen molar-refractivity contribution in [3.63, 3.8) is 0 Å². The molecule has 0 N–H and O–H groups in total. The number of likely N-dealkylation sites (tertiary alicyclic amines) is 1. The van der Waals surface area contributed by atoms with Crippen LogP contribution in [-0.2, 0) is 11.3 Å². The second kappa shape index (κ2) is 7.49. The fourth-order valence-corrected chi connectivity index (χ4v) is 4.26. The Morgan fingerprint density at radius 1 is 1.26 bits per heavy atom. The molecule has 2 fully saturated rings. The monoisotopic (exact) mass is 368 g/mol. The third-order valence-electron chi connectivity index (χ3n) is 5.83. The molecular weight excluding hydrogens is 340 g/mol. The fraction of sp³-hybridized carbons (Fsp3) is 0.500. The lowest BCUT2D eigenvalue weighted by atomic mass is 9.82. The van der Waals surface area contributed by atoms with E-state index in [1.165, 1.54) is 0 Å². The van der Waals surface area contributed by atoms with Crippen molar-refractivity contribution >= 4 is 5.91 Å². The molecule has 0 saturated carbocycles. The summed E-state index contributed by atoms with van der Waals surface area (Å²) in [5.41, 5.74) is 1.72. The fourth-order valence-electron chi connectivity index (χ4n) is 4.26. The first-order valence-corrected chi connectivity index (χ1v) is 9.74. The molecule has 0 aliphatic carbocycles. The molecule has 1 spiro atoms. The molecule has 0 radical (unpaired) electrons. The molecule has 1 amide bonds. The van der Waals surface area contributed by atoms with E-state index >= 15 is 0 Å². The number of ether oxygens (including phenoxy) is 1. The van der Waals surface area contributed by atoms with Crippen molar-refractivity contribution in [2.24, 2.45) is 5.92 Å². The van der Waals surface area contributed by atoms with E-state index in [2.05, 4.69) is 11.9 Å². The molecule has 144 valence electrons. The van der Waals surface area contributed by atoms with Gasteiger partial charge in [0.2, 0.25) is 0 Å². The summed E-state index contributed by atoms with van der Waals surface area (Å²) in [7, 11) is 2.12. The van der Waals surface area contributed by atoms with E-state index in [0.717, 1.165) is 62.5 Å². The highest BCUT2D eigenvalue weighted by atomic mass is 16.5. The van der Waals surface area contributed by atoms with E-state index in [1.807, 2.05) is 48.2 Å². The van der Waals surface area contributed by atoms with Crippen molar-refractivity contribution in [3.8, 4) is 0 Å². The molecule has 0 bridgehead atoms. The largest absolute Gasteiger partial charge is 0.468 e. The summed E-state index contributed by atoms with van der Waals surface area (Å²) in [4.78, 5) is 16.9. The van der Waals surface area contributed by atoms with Gasteiger partial charge >= 0.3 is 0 Å². The maximum absolute atomic E-state index is 12.7. The summed E-state index contributed by atoms with van der Waals surface area (Å²) in [6.07, 6.45) is 3.90. The predicted molar refractivity (Wildman–Crippen MR) is 104 cm³/mol. The first-order valence-electron chi connectivity index (χ1n) is 9.74. The van der Waals surface area contributed by atoms with Crippen molar-refractivity contribution < 1.29 is 13.9 Å². The maximum Gasteiger partial charge on any atom is 0.254 e. The van der Waals surface area contributed by atoms with Crippen LogP contribution in [0, 0.1) is 12.8 Å². The normalized spacial score (nSPS) is 21.4. The van der Waals surface area contributed by atoms with E-state index in [1.54, 1.807) is 6.26 Å². The molecule has 3 heterocycles. The Morgan fingerprint density at radius 2 is 2.07 bits per heavy atom. The molecular formula is C22H28N2O3. The average Bonchev–Trinajstić information content (AvgIpc) is 3.13. The Kier molecular flexibility index (Phi) is 5.06. The minimum Gasteiger partial charge on any atom is -0.468 e. The quantitative estimate of drug-likeness (QED) is 0.812. The van der Waals surface area contributed by atoms with Gasteiger partial charge in [0.1, 0.15) is 11.4 Å². The lowest BCUT2D eigenvalue weighted by Gasteiger charge is -2.53. The van der Waals surface area contributed by atoms with E-state index in [0.29, 0.717) is 5.92 Å². The van der Waals surface area contributed by atoms with Gasteiger partial charge in [-0.25, -0.2) is 0 Å². The third-order valence-corrected chi connectivity index (χ3v) is 5.83. The summed E-state index contributed by atoms with van der Waals surface area (Å²) >= 11 is 0. The molecule has 27 heavy (non-hydrogen) atoms. The Balaban J connectivity index is 1.24. The number of carbonyl (C=O) groups excluding carboxylic acids is 1. The van der Waals surface area contributed by atoms with Crippen LogP contribution in [0.15, 0.2) is 47.1 Å². The molecule has 1 atom stereocenters. The highest BCUT2D eigenvalue weighted by molar-refractivity contribution is 5.96. The molecule has 5 nitrogen and oxygen atoms in total. The molecule has 2 saturated heterocycles. The zero-order chi connectivity index (χ0) is 18.9. The molecule has 1 aromatic heterocycles. The number of nitrogens with zero attached hydrogens (tertiary/aromatic N) is 2. The summed E-state index contributed by atoms with van der Waals surface area (Å²) in [5, 5.41) is 0. The van der Waals surface area contributed by atoms with Gasteiger partial charge in [-0.05, 0) is 56.5 Å². The van der Waals surface area contributed by atoms with Gasteiger partial charge < -0.3 is 14.1 Å². The second-order valence-electron chi connectivity index (χ2n) is 8.15. The number of furan rings is 1. The van der Waals surface area contributed by atoms with Gasteiger partial charge in [-0.2, -0.15) is 0 Å². The van der Waals surface area contributed by atoms with Crippen molar-refractivity contribution in [1.29, 1.82) is 0 Å². The van der Waals surface area contributed by atoms with Gasteiger partial charge in [0.25, 0.3) is 5.91 Å². The van der Waals surface area contributed by atoms with Gasteiger partial charge in [0.15, 0.2) is 0 Å². The molecule has 2 aliphatic heterocycles. The molecule has 2 aliphatic rings. The number of benzene rings is 1. The molecule has 1 unspecified atom stereocenters. The molecule has 5 heteroatoms. The standard InChI is InChI=1S/C22H28N2O3/c1-17-6-3-4-8-20(17)21(25)24-15-22(16-24)10-9-18(14-27-22)12-23(2)13-19-7-5-11-26-19/h3-8,11,18H,9-10,12-16H2,1-2H3. The van der Waals surface area contributed by atoms with Crippen LogP contribution in [0.25, 0.3) is 0 Å². The highest BCUT2D eigenvalue weighted by Crippen LogP contribution is 2.37. The van der Waals surface area contributed by atoms with Crippen LogP contribution in [0.5, 0.6) is 0 Å². The Bertz CT molecular complexity index is 771. The van der Waals surface area contributed by atoms with Gasteiger partial charge in [0, 0.05) is 12.1 Å². The van der Waals surface area contributed by atoms with E-state index < -0.39 is 0 Å². The van der Waals surface area contributed by atoms with Crippen molar-refractivity contribution in [2.45, 2.75) is 31.9 Å². The third kappa shape index (κ3) is 3.94. The van der Waals surface area contributed by atoms with Gasteiger partial charge in [0.05, 0.1) is 32.5 Å². The number of carbonyl (C=O) groups is 1. The Labute approximate surface area is 160 Å². The number of hydrogen-bond acceptors (Lipinski definition) is 4. The van der Waals surface area contributed by atoms with Crippen LogP contribution < -0.4 is 0 Å². The lowest BCUT2D eigenvalue weighted by molar-refractivity contribution is -0.168. The van der Waals surface area contributed by atoms with Gasteiger partial charge in [-0.3, -0.25) is 9.69 Å². The zero-order valence-corrected chi connectivity index (χ0v) is 16.2. The summed E-state index contributed by atoms with van der Waals surface area (Å²) in [6, 6.07) is 11.7. The minimum absolute atomic E-state index is 0.117. The van der Waals surface area contributed by atoms with Crippen molar-refractivity contribution in [2.75, 3.05) is 33.3 Å². The first kappa shape index (κ1) is 18.3. The smallest absolute Gasteiger partial charge is 0.254 e. The maximum atomic E-state index is 12.7. The van der Waals surface area contributed by atoms with Crippen molar-refractivity contribution in [1.82, 2.24) is 9.80 Å². The number of aryl methyl sites for hydroxylation is 1. The van der Waals surface area contributed by atoms with Crippen LogP contribution in [-0.4, -0.2) is 54.6 Å². The van der Waals surface area contributed by atoms with Gasteiger partial charge in [-0.1, -0.05) is 18.2 Å². The minimum atomic E-state index is -0.117. The van der Waals surface area contributed by atoms with Crippen LogP contribution in [0.2, 0.25) is 0 Å². The van der Waals surface area contributed by atoms with Crippen LogP contribution >= 0.6 is 0 Å². The van der Waals surface area contributed by atoms with Crippen LogP contribution in [0.4, 0.5) is 0 Å². The average molecular weight is 368 g/mol. The summed E-state index contributed by atoms with van der Waals surface area (Å²) in [6.45, 7) is 6.03. The predicted octanol–water partition coefficient (Wildman–Crippen LogP) is 3.34. The molecule has 2 aromatic rings. The van der Waals surface area contributed by atoms with Crippen molar-refractivity contribution in [3.05, 3.63) is 59.5 Å². The Morgan fingerprint density at radius 3 is 2.74 bits per heavy atom. The van der Waals surface area contributed by atoms with E-state index in [-0.39, 0.29) is 11.5 Å². The van der Waals surface area contributed by atoms with E-state index in [4.69, 9.17) is 9.15 Å². The van der Waals surface area contributed by atoms with E-state index in [9.17, 15) is 4.79 Å². The zero-order valence-electron chi connectivity index (χ0n) is 16.2. The highest BCUT2D eigenvalue weighted by Gasteiger charge is 2.48. The van der Waals surface area contributed by atoms with Crippen LogP contribution in [0.3, 0.4) is 0 Å². The summed E-state index contributed by atoms with van der Waals surface area (Å²) < 4.78 is 11.7. The Hall–Kier alpha value is -2.11. The number of amides is 1. The molecule has 1 aromatic carbocycles. The second-order valence-corrected chi connectivity index (χ2v) is 8.15. The number of rotatable bonds is 5. The SMILES string of the molecule is Cc1ccccc1C(=O)N1CC2(CCC(CN(C)Cc3ccco3)CO2)C1. The van der Waals surface area contributed by atoms with Gasteiger partial charge in [-0.15, -0.1) is 0 Å². The lowest BCUT2D eigenvalue weighted by Crippen LogP contribution is -2.66.